The second-order valence-electron chi connectivity index (χ2n) is 7.24. The van der Waals surface area contributed by atoms with Crippen molar-refractivity contribution in [2.24, 2.45) is 5.92 Å². The molecule has 2 heterocycles. The first-order chi connectivity index (χ1) is 13.8. The Bertz CT molecular complexity index is 1090. The predicted octanol–water partition coefficient (Wildman–Crippen LogP) is 1.70. The summed E-state index contributed by atoms with van der Waals surface area (Å²) in [5, 5.41) is 11.0. The fourth-order valence-electron chi connectivity index (χ4n) is 2.91. The molecule has 8 nitrogen and oxygen atoms in total. The van der Waals surface area contributed by atoms with Gasteiger partial charge in [-0.1, -0.05) is 37.6 Å². The number of carbonyl (C=O) groups excluding carboxylic acids is 1. The number of benzene rings is 1. The number of hydrogen-bond donors (Lipinski definition) is 2. The van der Waals surface area contributed by atoms with Gasteiger partial charge in [0.25, 0.3) is 0 Å². The lowest BCUT2D eigenvalue weighted by Crippen LogP contribution is -2.50. The number of nitrogens with one attached hydrogen (secondary N) is 2. The SMILES string of the molecule is Cc1ccc(S(=O)(=O)N[C@H](C(=O)NCCc2nnc3ccccn23)C(C)C)cc1. The summed E-state index contributed by atoms with van der Waals surface area (Å²) in [7, 11) is -3.80. The molecule has 0 saturated heterocycles. The molecule has 1 aromatic carbocycles. The first-order valence-electron chi connectivity index (χ1n) is 9.43. The Balaban J connectivity index is 1.64. The molecule has 0 spiro atoms. The van der Waals surface area contributed by atoms with Crippen LogP contribution in [0, 0.1) is 12.8 Å². The molecule has 0 aliphatic rings. The van der Waals surface area contributed by atoms with Crippen LogP contribution in [0.15, 0.2) is 53.6 Å². The van der Waals surface area contributed by atoms with Crippen molar-refractivity contribution in [1.82, 2.24) is 24.6 Å². The monoisotopic (exact) mass is 415 g/mol. The van der Waals surface area contributed by atoms with Gasteiger partial charge in [-0.15, -0.1) is 10.2 Å². The fraction of sp³-hybridized carbons (Fsp3) is 0.350. The van der Waals surface area contributed by atoms with Gasteiger partial charge in [0.2, 0.25) is 15.9 Å². The lowest BCUT2D eigenvalue weighted by molar-refractivity contribution is -0.123. The minimum absolute atomic E-state index is 0.136. The summed E-state index contributed by atoms with van der Waals surface area (Å²) in [6.07, 6.45) is 2.34. The van der Waals surface area contributed by atoms with E-state index in [9.17, 15) is 13.2 Å². The van der Waals surface area contributed by atoms with Gasteiger partial charge in [-0.25, -0.2) is 8.42 Å². The predicted molar refractivity (Wildman–Crippen MR) is 110 cm³/mol. The van der Waals surface area contributed by atoms with Crippen molar-refractivity contribution in [1.29, 1.82) is 0 Å². The van der Waals surface area contributed by atoms with E-state index in [1.54, 1.807) is 26.0 Å². The van der Waals surface area contributed by atoms with Gasteiger partial charge in [0, 0.05) is 19.2 Å². The van der Waals surface area contributed by atoms with Crippen LogP contribution in [-0.2, 0) is 21.2 Å². The zero-order valence-corrected chi connectivity index (χ0v) is 17.5. The van der Waals surface area contributed by atoms with E-state index in [0.29, 0.717) is 13.0 Å². The van der Waals surface area contributed by atoms with Crippen LogP contribution >= 0.6 is 0 Å². The molecule has 29 heavy (non-hydrogen) atoms. The van der Waals surface area contributed by atoms with Crippen molar-refractivity contribution in [2.45, 2.75) is 38.1 Å². The van der Waals surface area contributed by atoms with Crippen LogP contribution in [0.1, 0.15) is 25.2 Å². The number of fused-ring (bicyclic) bond motifs is 1. The van der Waals surface area contributed by atoms with Gasteiger partial charge in [0.05, 0.1) is 4.90 Å². The molecule has 0 unspecified atom stereocenters. The van der Waals surface area contributed by atoms with Crippen molar-refractivity contribution < 1.29 is 13.2 Å². The minimum Gasteiger partial charge on any atom is -0.354 e. The van der Waals surface area contributed by atoms with Crippen LogP contribution in [0.4, 0.5) is 0 Å². The van der Waals surface area contributed by atoms with Crippen LogP contribution in [-0.4, -0.2) is 41.5 Å². The van der Waals surface area contributed by atoms with E-state index in [0.717, 1.165) is 17.0 Å². The van der Waals surface area contributed by atoms with Crippen LogP contribution in [0.2, 0.25) is 0 Å². The Kier molecular flexibility index (Phi) is 6.29. The summed E-state index contributed by atoms with van der Waals surface area (Å²) in [5.74, 6) is 0.135. The van der Waals surface area contributed by atoms with Crippen molar-refractivity contribution in [3.8, 4) is 0 Å². The van der Waals surface area contributed by atoms with Crippen LogP contribution in [0.25, 0.3) is 5.65 Å². The number of pyridine rings is 1. The first-order valence-corrected chi connectivity index (χ1v) is 10.9. The summed E-state index contributed by atoms with van der Waals surface area (Å²) in [6, 6.07) is 11.2. The number of aryl methyl sites for hydroxylation is 1. The average molecular weight is 416 g/mol. The van der Waals surface area contributed by atoms with E-state index < -0.39 is 16.1 Å². The van der Waals surface area contributed by atoms with Gasteiger partial charge < -0.3 is 5.32 Å². The molecule has 9 heteroatoms. The molecule has 0 fully saturated rings. The average Bonchev–Trinajstić information content (AvgIpc) is 3.09. The quantitative estimate of drug-likeness (QED) is 0.583. The van der Waals surface area contributed by atoms with Crippen LogP contribution in [0.3, 0.4) is 0 Å². The Morgan fingerprint density at radius 1 is 1.10 bits per heavy atom. The number of carbonyl (C=O) groups is 1. The number of sulfonamides is 1. The van der Waals surface area contributed by atoms with E-state index in [-0.39, 0.29) is 16.7 Å². The molecular weight excluding hydrogens is 390 g/mol. The third kappa shape index (κ3) is 4.99. The largest absolute Gasteiger partial charge is 0.354 e. The maximum atomic E-state index is 12.7. The smallest absolute Gasteiger partial charge is 0.241 e. The number of amides is 1. The Labute approximate surface area is 170 Å². The molecule has 2 N–H and O–H groups in total. The van der Waals surface area contributed by atoms with E-state index in [2.05, 4.69) is 20.2 Å². The summed E-state index contributed by atoms with van der Waals surface area (Å²) in [5.41, 5.74) is 1.70. The van der Waals surface area contributed by atoms with Gasteiger partial charge in [-0.2, -0.15) is 4.72 Å². The molecule has 154 valence electrons. The fourth-order valence-corrected chi connectivity index (χ4v) is 4.26. The molecule has 0 bridgehead atoms. The number of nitrogens with zero attached hydrogens (tertiary/aromatic N) is 3. The summed E-state index contributed by atoms with van der Waals surface area (Å²) < 4.78 is 29.7. The molecule has 0 radical (unpaired) electrons. The van der Waals surface area contributed by atoms with Crippen LogP contribution < -0.4 is 10.0 Å². The normalized spacial score (nSPS) is 13.0. The highest BCUT2D eigenvalue weighted by molar-refractivity contribution is 7.89. The van der Waals surface area contributed by atoms with Gasteiger partial charge in [-0.3, -0.25) is 9.20 Å². The molecule has 2 aromatic heterocycles. The Hall–Kier alpha value is -2.78. The lowest BCUT2D eigenvalue weighted by atomic mass is 10.1. The number of aromatic nitrogens is 3. The summed E-state index contributed by atoms with van der Waals surface area (Å²) in [6.45, 7) is 5.80. The van der Waals surface area contributed by atoms with Crippen molar-refractivity contribution >= 4 is 21.6 Å². The molecule has 3 aromatic rings. The van der Waals surface area contributed by atoms with E-state index >= 15 is 0 Å². The number of rotatable bonds is 8. The summed E-state index contributed by atoms with van der Waals surface area (Å²) in [4.78, 5) is 12.8. The standard InChI is InChI=1S/C20H25N5O3S/c1-14(2)19(24-29(27,28)16-9-7-15(3)8-10-16)20(26)21-12-11-18-23-22-17-6-4-5-13-25(17)18/h4-10,13-14,19,24H,11-12H2,1-3H3,(H,21,26)/t19-/m0/s1. The summed E-state index contributed by atoms with van der Waals surface area (Å²) >= 11 is 0. The lowest BCUT2D eigenvalue weighted by Gasteiger charge is -2.21. The second kappa shape index (κ2) is 8.71. The molecule has 1 amide bonds. The third-order valence-corrected chi connectivity index (χ3v) is 6.05. The zero-order valence-electron chi connectivity index (χ0n) is 16.7. The molecule has 3 rings (SSSR count). The van der Waals surface area contributed by atoms with Gasteiger partial charge >= 0.3 is 0 Å². The topological polar surface area (TPSA) is 105 Å². The molecule has 0 aliphatic carbocycles. The Morgan fingerprint density at radius 2 is 1.83 bits per heavy atom. The van der Waals surface area contributed by atoms with Crippen molar-refractivity contribution in [3.05, 3.63) is 60.0 Å². The van der Waals surface area contributed by atoms with E-state index in [1.807, 2.05) is 35.7 Å². The first kappa shape index (κ1) is 20.9. The second-order valence-corrected chi connectivity index (χ2v) is 8.96. The van der Waals surface area contributed by atoms with Gasteiger partial charge in [-0.05, 0) is 37.1 Å². The maximum absolute atomic E-state index is 12.7. The van der Waals surface area contributed by atoms with E-state index in [1.165, 1.54) is 12.1 Å². The number of hydrogen-bond acceptors (Lipinski definition) is 5. The highest BCUT2D eigenvalue weighted by Gasteiger charge is 2.28. The van der Waals surface area contributed by atoms with Gasteiger partial charge in [0.15, 0.2) is 5.65 Å². The van der Waals surface area contributed by atoms with Crippen molar-refractivity contribution in [3.63, 3.8) is 0 Å². The molecular formula is C20H25N5O3S. The third-order valence-electron chi connectivity index (χ3n) is 4.59. The Morgan fingerprint density at radius 3 is 2.52 bits per heavy atom. The van der Waals surface area contributed by atoms with Gasteiger partial charge in [0.1, 0.15) is 11.9 Å². The highest BCUT2D eigenvalue weighted by Crippen LogP contribution is 2.13. The molecule has 0 aliphatic heterocycles. The highest BCUT2D eigenvalue weighted by atomic mass is 32.2. The zero-order chi connectivity index (χ0) is 21.0. The maximum Gasteiger partial charge on any atom is 0.241 e. The molecule has 1 atom stereocenters. The van der Waals surface area contributed by atoms with Crippen LogP contribution in [0.5, 0.6) is 0 Å². The van der Waals surface area contributed by atoms with E-state index in [4.69, 9.17) is 0 Å². The molecule has 0 saturated carbocycles. The minimum atomic E-state index is -3.80. The van der Waals surface area contributed by atoms with Crippen molar-refractivity contribution in [2.75, 3.05) is 6.54 Å².